The lowest BCUT2D eigenvalue weighted by Crippen LogP contribution is -2.42. The number of alkyl halides is 3. The second-order valence-electron chi connectivity index (χ2n) is 9.77. The zero-order valence-corrected chi connectivity index (χ0v) is 23.4. The molecule has 0 fully saturated rings. The number of fused-ring (bicyclic) bond motifs is 1. The average Bonchev–Trinajstić information content (AvgIpc) is 3.40. The molecule has 43 heavy (non-hydrogen) atoms. The maximum atomic E-state index is 13.4. The lowest BCUT2D eigenvalue weighted by Gasteiger charge is -2.23. The first kappa shape index (κ1) is 29.7. The van der Waals surface area contributed by atoms with Gasteiger partial charge in [0.25, 0.3) is 11.8 Å². The molecule has 2 aromatic heterocycles. The van der Waals surface area contributed by atoms with Crippen LogP contribution < -0.4 is 14.8 Å². The second kappa shape index (κ2) is 13.0. The molecule has 0 aliphatic carbocycles. The molecule has 0 spiro atoms. The largest absolute Gasteiger partial charge is 0.484 e. The summed E-state index contributed by atoms with van der Waals surface area (Å²) in [7, 11) is 0. The summed E-state index contributed by atoms with van der Waals surface area (Å²) >= 11 is 1.18. The van der Waals surface area contributed by atoms with Crippen molar-refractivity contribution in [1.29, 1.82) is 5.26 Å². The van der Waals surface area contributed by atoms with Gasteiger partial charge in [0.2, 0.25) is 0 Å². The van der Waals surface area contributed by atoms with Gasteiger partial charge in [0.05, 0.1) is 16.8 Å². The Bertz CT molecular complexity index is 1650. The van der Waals surface area contributed by atoms with Gasteiger partial charge in [-0.15, -0.1) is 0 Å². The van der Waals surface area contributed by atoms with Crippen LogP contribution in [0.1, 0.15) is 49.7 Å². The molecule has 220 valence electrons. The Labute approximate surface area is 249 Å². The van der Waals surface area contributed by atoms with Crippen LogP contribution in [0.4, 0.5) is 13.2 Å². The highest BCUT2D eigenvalue weighted by atomic mass is 32.2. The predicted molar refractivity (Wildman–Crippen MR) is 153 cm³/mol. The van der Waals surface area contributed by atoms with Crippen LogP contribution in [0.3, 0.4) is 0 Å². The lowest BCUT2D eigenvalue weighted by atomic mass is 9.95. The van der Waals surface area contributed by atoms with E-state index in [1.807, 2.05) is 36.4 Å². The molecule has 0 bridgehead atoms. The zero-order chi connectivity index (χ0) is 30.4. The van der Waals surface area contributed by atoms with Crippen LogP contribution in [0.5, 0.6) is 5.75 Å². The van der Waals surface area contributed by atoms with Crippen LogP contribution in [0.2, 0.25) is 0 Å². The standard InChI is InChI=1S/C30H25F3N6O3S/c31-30(32,33)18-42-23-8-4-7-19(13-23)9-11-22-14-24-26(28(40)36-22)27(29(41)38-43-17-20-5-2-1-3-6-20)39(37-24)25-12-10-21(15-34)16-35-25/h1-8,10,12-13,16,22H,9,11,14,17-18H2,(H,36,40)(H,38,41). The van der Waals surface area contributed by atoms with Crippen molar-refractivity contribution in [1.82, 2.24) is 24.8 Å². The molecule has 2 N–H and O–H groups in total. The van der Waals surface area contributed by atoms with Crippen LogP contribution in [-0.4, -0.2) is 45.4 Å². The molecular formula is C30H25F3N6O3S. The Morgan fingerprint density at radius 3 is 2.65 bits per heavy atom. The number of nitriles is 1. The number of aromatic nitrogens is 3. The van der Waals surface area contributed by atoms with Gasteiger partial charge in [-0.1, -0.05) is 42.5 Å². The summed E-state index contributed by atoms with van der Waals surface area (Å²) in [4.78, 5) is 31.1. The van der Waals surface area contributed by atoms with Crippen molar-refractivity contribution in [2.75, 3.05) is 6.61 Å². The average molecular weight is 607 g/mol. The number of nitrogens with one attached hydrogen (secondary N) is 2. The SMILES string of the molecule is N#Cc1ccc(-n2nc3c(c2C(=O)NSCc2ccccc2)C(=O)NC(CCc2cccc(OCC(F)(F)F)c2)C3)nc1. The minimum absolute atomic E-state index is 0.0261. The normalized spacial score (nSPS) is 14.4. The van der Waals surface area contributed by atoms with E-state index in [4.69, 9.17) is 10.00 Å². The van der Waals surface area contributed by atoms with E-state index in [0.717, 1.165) is 11.1 Å². The summed E-state index contributed by atoms with van der Waals surface area (Å²) in [5.74, 6) is -0.100. The summed E-state index contributed by atoms with van der Waals surface area (Å²) in [6.45, 7) is -1.38. The zero-order valence-electron chi connectivity index (χ0n) is 22.6. The lowest BCUT2D eigenvalue weighted by molar-refractivity contribution is -0.153. The summed E-state index contributed by atoms with van der Waals surface area (Å²) in [6.07, 6.45) is -1.81. The van der Waals surface area contributed by atoms with Gasteiger partial charge >= 0.3 is 6.18 Å². The van der Waals surface area contributed by atoms with Gasteiger partial charge in [-0.25, -0.2) is 9.67 Å². The van der Waals surface area contributed by atoms with Crippen molar-refractivity contribution >= 4 is 23.8 Å². The molecule has 1 atom stereocenters. The van der Waals surface area contributed by atoms with E-state index in [1.54, 1.807) is 30.3 Å². The van der Waals surface area contributed by atoms with Gasteiger partial charge in [-0.3, -0.25) is 14.3 Å². The Balaban J connectivity index is 1.34. The number of rotatable bonds is 10. The van der Waals surface area contributed by atoms with Crippen LogP contribution in [-0.2, 0) is 18.6 Å². The van der Waals surface area contributed by atoms with E-state index in [9.17, 15) is 22.8 Å². The molecule has 4 aromatic rings. The number of aryl methyl sites for hydroxylation is 1. The molecule has 1 aliphatic heterocycles. The number of hydrogen-bond donors (Lipinski definition) is 2. The third-order valence-corrected chi connectivity index (χ3v) is 7.41. The van der Waals surface area contributed by atoms with Crippen LogP contribution >= 0.6 is 11.9 Å². The van der Waals surface area contributed by atoms with Crippen molar-refractivity contribution in [3.8, 4) is 17.6 Å². The highest BCUT2D eigenvalue weighted by molar-refractivity contribution is 7.97. The summed E-state index contributed by atoms with van der Waals surface area (Å²) in [6, 6.07) is 20.7. The highest BCUT2D eigenvalue weighted by Gasteiger charge is 2.35. The topological polar surface area (TPSA) is 122 Å². The Morgan fingerprint density at radius 1 is 1.14 bits per heavy atom. The molecular weight excluding hydrogens is 581 g/mol. The molecule has 2 amide bonds. The van der Waals surface area contributed by atoms with E-state index >= 15 is 0 Å². The van der Waals surface area contributed by atoms with Gasteiger partial charge in [0.1, 0.15) is 17.5 Å². The van der Waals surface area contributed by atoms with Gasteiger partial charge < -0.3 is 10.1 Å². The molecule has 0 saturated heterocycles. The van der Waals surface area contributed by atoms with E-state index in [-0.39, 0.29) is 28.9 Å². The molecule has 0 saturated carbocycles. The summed E-state index contributed by atoms with van der Waals surface area (Å²) < 4.78 is 46.5. The Kier molecular flexibility index (Phi) is 8.96. The molecule has 5 rings (SSSR count). The molecule has 1 aliphatic rings. The predicted octanol–water partition coefficient (Wildman–Crippen LogP) is 4.95. The number of ether oxygens (including phenoxy) is 1. The number of hydrogen-bond acceptors (Lipinski definition) is 7. The fourth-order valence-corrected chi connectivity index (χ4v) is 5.28. The van der Waals surface area contributed by atoms with E-state index in [1.165, 1.54) is 28.9 Å². The molecule has 9 nitrogen and oxygen atoms in total. The van der Waals surface area contributed by atoms with E-state index in [0.29, 0.717) is 36.3 Å². The van der Waals surface area contributed by atoms with Crippen LogP contribution in [0.15, 0.2) is 72.9 Å². The summed E-state index contributed by atoms with van der Waals surface area (Å²) in [5.41, 5.74) is 2.68. The second-order valence-corrected chi connectivity index (χ2v) is 10.6. The third-order valence-electron chi connectivity index (χ3n) is 6.60. The first-order chi connectivity index (χ1) is 20.7. The first-order valence-corrected chi connectivity index (χ1v) is 14.2. The molecule has 2 aromatic carbocycles. The molecule has 1 unspecified atom stereocenters. The van der Waals surface area contributed by atoms with Crippen molar-refractivity contribution in [3.63, 3.8) is 0 Å². The van der Waals surface area contributed by atoms with Gasteiger partial charge in [-0.2, -0.15) is 23.5 Å². The number of halogens is 3. The number of amides is 2. The number of carbonyl (C=O) groups is 2. The van der Waals surface area contributed by atoms with Crippen molar-refractivity contribution < 1.29 is 27.5 Å². The number of pyridine rings is 1. The first-order valence-electron chi connectivity index (χ1n) is 13.2. The molecule has 3 heterocycles. The maximum absolute atomic E-state index is 13.4. The number of carbonyl (C=O) groups excluding carboxylic acids is 2. The van der Waals surface area contributed by atoms with Gasteiger partial charge in [-0.05, 0) is 60.2 Å². The van der Waals surface area contributed by atoms with Crippen molar-refractivity contribution in [2.24, 2.45) is 0 Å². The van der Waals surface area contributed by atoms with Crippen LogP contribution in [0, 0.1) is 11.3 Å². The smallest absolute Gasteiger partial charge is 0.422 e. The van der Waals surface area contributed by atoms with Gasteiger partial charge in [0, 0.05) is 24.4 Å². The molecule has 13 heteroatoms. The fraction of sp³-hybridized carbons (Fsp3) is 0.233. The maximum Gasteiger partial charge on any atom is 0.422 e. The monoisotopic (exact) mass is 606 g/mol. The van der Waals surface area contributed by atoms with Crippen LogP contribution in [0.25, 0.3) is 5.82 Å². The Hall–Kier alpha value is -4.83. The fourth-order valence-electron chi connectivity index (χ4n) is 4.62. The van der Waals surface area contributed by atoms with Crippen molar-refractivity contribution in [3.05, 3.63) is 107 Å². The third kappa shape index (κ3) is 7.52. The van der Waals surface area contributed by atoms with Gasteiger partial charge in [0.15, 0.2) is 12.4 Å². The number of benzene rings is 2. The minimum atomic E-state index is -4.44. The highest BCUT2D eigenvalue weighted by Crippen LogP contribution is 2.26. The Morgan fingerprint density at radius 2 is 1.93 bits per heavy atom. The van der Waals surface area contributed by atoms with E-state index in [2.05, 4.69) is 20.1 Å². The summed E-state index contributed by atoms with van der Waals surface area (Å²) in [5, 5.41) is 16.7. The van der Waals surface area contributed by atoms with E-state index < -0.39 is 24.6 Å². The molecule has 0 radical (unpaired) electrons. The minimum Gasteiger partial charge on any atom is -0.484 e. The quantitative estimate of drug-likeness (QED) is 0.245. The number of nitrogens with zero attached hydrogens (tertiary/aromatic N) is 4. The van der Waals surface area contributed by atoms with Crippen molar-refractivity contribution in [2.45, 2.75) is 37.2 Å².